The van der Waals surface area contributed by atoms with Gasteiger partial charge in [0.2, 0.25) is 5.91 Å². The highest BCUT2D eigenvalue weighted by molar-refractivity contribution is 5.77. The van der Waals surface area contributed by atoms with Crippen molar-refractivity contribution in [1.29, 1.82) is 0 Å². The van der Waals surface area contributed by atoms with Gasteiger partial charge in [-0.3, -0.25) is 4.79 Å². The van der Waals surface area contributed by atoms with Crippen molar-refractivity contribution < 1.29 is 9.53 Å². The molecule has 0 aromatic heterocycles. The Labute approximate surface area is 102 Å². The van der Waals surface area contributed by atoms with Gasteiger partial charge in [-0.15, -0.1) is 0 Å². The zero-order valence-electron chi connectivity index (χ0n) is 10.0. The first-order valence-electron chi connectivity index (χ1n) is 6.25. The van der Waals surface area contributed by atoms with Crippen LogP contribution < -0.4 is 5.32 Å². The van der Waals surface area contributed by atoms with Crippen LogP contribution in [0.2, 0.25) is 0 Å². The Morgan fingerprint density at radius 3 is 2.65 bits per heavy atom. The Morgan fingerprint density at radius 2 is 1.94 bits per heavy atom. The molecule has 0 heterocycles. The zero-order valence-corrected chi connectivity index (χ0v) is 10.0. The minimum atomic E-state index is 0.00725. The van der Waals surface area contributed by atoms with E-state index >= 15 is 0 Å². The minimum Gasteiger partial charge on any atom is -0.367 e. The van der Waals surface area contributed by atoms with Crippen LogP contribution in [0, 0.1) is 0 Å². The van der Waals surface area contributed by atoms with Crippen molar-refractivity contribution in [3.05, 3.63) is 35.9 Å². The number of rotatable bonds is 5. The van der Waals surface area contributed by atoms with E-state index in [-0.39, 0.29) is 12.5 Å². The fourth-order valence-corrected chi connectivity index (χ4v) is 2.18. The molecule has 2 rings (SSSR count). The van der Waals surface area contributed by atoms with Crippen LogP contribution in [0.1, 0.15) is 31.2 Å². The zero-order chi connectivity index (χ0) is 11.9. The standard InChI is InChI=1S/C14H19NO2/c16-14(15-13-8-4-5-9-13)11-17-10-12-6-2-1-3-7-12/h1-3,6-7,13H,4-5,8-11H2,(H,15,16). The van der Waals surface area contributed by atoms with E-state index in [1.54, 1.807) is 0 Å². The molecule has 3 heteroatoms. The van der Waals surface area contributed by atoms with E-state index in [9.17, 15) is 4.79 Å². The van der Waals surface area contributed by atoms with Crippen molar-refractivity contribution in [3.8, 4) is 0 Å². The van der Waals surface area contributed by atoms with Gasteiger partial charge < -0.3 is 10.1 Å². The van der Waals surface area contributed by atoms with Crippen molar-refractivity contribution in [3.63, 3.8) is 0 Å². The van der Waals surface area contributed by atoms with Crippen molar-refractivity contribution >= 4 is 5.91 Å². The summed E-state index contributed by atoms with van der Waals surface area (Å²) in [6, 6.07) is 10.3. The van der Waals surface area contributed by atoms with E-state index in [2.05, 4.69) is 5.32 Å². The number of carbonyl (C=O) groups is 1. The van der Waals surface area contributed by atoms with Crippen LogP contribution in [0.25, 0.3) is 0 Å². The van der Waals surface area contributed by atoms with Crippen LogP contribution in [0.3, 0.4) is 0 Å². The first kappa shape index (κ1) is 12.1. The summed E-state index contributed by atoms with van der Waals surface area (Å²) in [6.07, 6.45) is 4.69. The lowest BCUT2D eigenvalue weighted by molar-refractivity contribution is -0.126. The number of amides is 1. The monoisotopic (exact) mass is 233 g/mol. The van der Waals surface area contributed by atoms with Crippen molar-refractivity contribution in [2.24, 2.45) is 0 Å². The van der Waals surface area contributed by atoms with E-state index in [0.717, 1.165) is 18.4 Å². The summed E-state index contributed by atoms with van der Waals surface area (Å²) in [4.78, 5) is 11.6. The summed E-state index contributed by atoms with van der Waals surface area (Å²) in [5.41, 5.74) is 1.10. The highest BCUT2D eigenvalue weighted by Gasteiger charge is 2.16. The van der Waals surface area contributed by atoms with E-state index < -0.39 is 0 Å². The van der Waals surface area contributed by atoms with Gasteiger partial charge in [0.15, 0.2) is 0 Å². The second-order valence-corrected chi connectivity index (χ2v) is 4.53. The Hall–Kier alpha value is -1.35. The predicted octanol–water partition coefficient (Wildman–Crippen LogP) is 2.26. The van der Waals surface area contributed by atoms with Gasteiger partial charge in [-0.05, 0) is 18.4 Å². The lowest BCUT2D eigenvalue weighted by Gasteiger charge is -2.11. The third-order valence-electron chi connectivity index (χ3n) is 3.06. The fraction of sp³-hybridized carbons (Fsp3) is 0.500. The Morgan fingerprint density at radius 1 is 1.24 bits per heavy atom. The van der Waals surface area contributed by atoms with Gasteiger partial charge >= 0.3 is 0 Å². The summed E-state index contributed by atoms with van der Waals surface area (Å²) >= 11 is 0. The summed E-state index contributed by atoms with van der Waals surface area (Å²) < 4.78 is 5.38. The van der Waals surface area contributed by atoms with Gasteiger partial charge in [0.05, 0.1) is 6.61 Å². The molecule has 17 heavy (non-hydrogen) atoms. The molecule has 1 N–H and O–H groups in total. The Balaban J connectivity index is 1.63. The van der Waals surface area contributed by atoms with E-state index in [4.69, 9.17) is 4.74 Å². The second kappa shape index (κ2) is 6.40. The number of nitrogens with one attached hydrogen (secondary N) is 1. The summed E-state index contributed by atoms with van der Waals surface area (Å²) in [7, 11) is 0. The summed E-state index contributed by atoms with van der Waals surface area (Å²) in [6.45, 7) is 0.657. The number of benzene rings is 1. The van der Waals surface area contributed by atoms with Gasteiger partial charge in [-0.2, -0.15) is 0 Å². The Bertz CT molecular complexity index is 344. The maximum absolute atomic E-state index is 11.6. The maximum Gasteiger partial charge on any atom is 0.246 e. The fourth-order valence-electron chi connectivity index (χ4n) is 2.18. The van der Waals surface area contributed by atoms with Gasteiger partial charge in [0, 0.05) is 6.04 Å². The lowest BCUT2D eigenvalue weighted by Crippen LogP contribution is -2.35. The number of hydrogen-bond acceptors (Lipinski definition) is 2. The molecule has 0 aliphatic heterocycles. The third kappa shape index (κ3) is 4.19. The molecule has 0 radical (unpaired) electrons. The molecule has 1 aliphatic rings. The van der Waals surface area contributed by atoms with Crippen LogP contribution in [0.15, 0.2) is 30.3 Å². The first-order chi connectivity index (χ1) is 8.34. The molecular formula is C14H19NO2. The molecule has 0 atom stereocenters. The second-order valence-electron chi connectivity index (χ2n) is 4.53. The van der Waals surface area contributed by atoms with Crippen LogP contribution in [0.5, 0.6) is 0 Å². The summed E-state index contributed by atoms with van der Waals surface area (Å²) in [5.74, 6) is 0.00725. The van der Waals surface area contributed by atoms with Gasteiger partial charge in [-0.1, -0.05) is 43.2 Å². The van der Waals surface area contributed by atoms with Gasteiger partial charge in [-0.25, -0.2) is 0 Å². The average Bonchev–Trinajstić information content (AvgIpc) is 2.83. The van der Waals surface area contributed by atoms with Crippen LogP contribution >= 0.6 is 0 Å². The topological polar surface area (TPSA) is 38.3 Å². The van der Waals surface area contributed by atoms with Gasteiger partial charge in [0.25, 0.3) is 0 Å². The highest BCUT2D eigenvalue weighted by Crippen LogP contribution is 2.17. The van der Waals surface area contributed by atoms with E-state index in [1.807, 2.05) is 30.3 Å². The van der Waals surface area contributed by atoms with Crippen LogP contribution in [-0.2, 0) is 16.1 Å². The predicted molar refractivity (Wildman–Crippen MR) is 66.5 cm³/mol. The van der Waals surface area contributed by atoms with Gasteiger partial charge in [0.1, 0.15) is 6.61 Å². The maximum atomic E-state index is 11.6. The minimum absolute atomic E-state index is 0.00725. The normalized spacial score (nSPS) is 16.0. The van der Waals surface area contributed by atoms with E-state index in [0.29, 0.717) is 12.6 Å². The molecule has 1 aromatic rings. The molecule has 0 saturated heterocycles. The van der Waals surface area contributed by atoms with Crippen molar-refractivity contribution in [1.82, 2.24) is 5.32 Å². The molecule has 1 aliphatic carbocycles. The SMILES string of the molecule is O=C(COCc1ccccc1)NC1CCCC1. The first-order valence-corrected chi connectivity index (χ1v) is 6.25. The average molecular weight is 233 g/mol. The lowest BCUT2D eigenvalue weighted by atomic mass is 10.2. The van der Waals surface area contributed by atoms with Crippen LogP contribution in [0.4, 0.5) is 0 Å². The third-order valence-corrected chi connectivity index (χ3v) is 3.06. The molecule has 0 spiro atoms. The Kier molecular flexibility index (Phi) is 4.56. The molecule has 0 unspecified atom stereocenters. The molecule has 1 saturated carbocycles. The highest BCUT2D eigenvalue weighted by atomic mass is 16.5. The van der Waals surface area contributed by atoms with Crippen molar-refractivity contribution in [2.75, 3.05) is 6.61 Å². The van der Waals surface area contributed by atoms with Crippen molar-refractivity contribution in [2.45, 2.75) is 38.3 Å². The number of carbonyl (C=O) groups excluding carboxylic acids is 1. The molecule has 0 bridgehead atoms. The molecule has 92 valence electrons. The van der Waals surface area contributed by atoms with E-state index in [1.165, 1.54) is 12.8 Å². The molecule has 1 aromatic carbocycles. The molecule has 3 nitrogen and oxygen atoms in total. The van der Waals surface area contributed by atoms with Crippen LogP contribution in [-0.4, -0.2) is 18.6 Å². The quantitative estimate of drug-likeness (QED) is 0.847. The molecular weight excluding hydrogens is 214 g/mol. The number of ether oxygens (including phenoxy) is 1. The largest absolute Gasteiger partial charge is 0.367 e. The molecule has 1 fully saturated rings. The number of hydrogen-bond donors (Lipinski definition) is 1. The smallest absolute Gasteiger partial charge is 0.246 e. The molecule has 1 amide bonds. The summed E-state index contributed by atoms with van der Waals surface area (Å²) in [5, 5.41) is 3.00.